The molecule has 1 aromatic carbocycles. The summed E-state index contributed by atoms with van der Waals surface area (Å²) < 4.78 is 5.34. The number of carbonyl (C=O) groups is 3. The van der Waals surface area contributed by atoms with Crippen LogP contribution in [0.25, 0.3) is 0 Å². The Labute approximate surface area is 122 Å². The van der Waals surface area contributed by atoms with Crippen LogP contribution in [0.4, 0.5) is 0 Å². The van der Waals surface area contributed by atoms with Crippen LogP contribution in [-0.4, -0.2) is 47.5 Å². The second-order valence-electron chi connectivity index (χ2n) is 5.02. The number of hydrogen-bond acceptors (Lipinski definition) is 4. The van der Waals surface area contributed by atoms with Crippen molar-refractivity contribution < 1.29 is 24.2 Å². The zero-order valence-corrected chi connectivity index (χ0v) is 11.7. The number of nitrogens with zero attached hydrogens (tertiary/aromatic N) is 1. The van der Waals surface area contributed by atoms with Gasteiger partial charge in [-0.1, -0.05) is 18.2 Å². The Bertz CT molecular complexity index is 557. The molecule has 0 aromatic heterocycles. The number of aliphatic carboxylic acids is 1. The van der Waals surface area contributed by atoms with E-state index in [1.54, 1.807) is 31.2 Å². The number of rotatable bonds is 5. The van der Waals surface area contributed by atoms with Crippen LogP contribution in [-0.2, 0) is 14.3 Å². The lowest BCUT2D eigenvalue weighted by Gasteiger charge is -2.22. The maximum atomic E-state index is 12.4. The highest BCUT2D eigenvalue weighted by atomic mass is 16.5. The van der Waals surface area contributed by atoms with Gasteiger partial charge in [0.15, 0.2) is 0 Å². The van der Waals surface area contributed by atoms with Crippen molar-refractivity contribution in [1.29, 1.82) is 0 Å². The first-order valence-corrected chi connectivity index (χ1v) is 6.71. The summed E-state index contributed by atoms with van der Waals surface area (Å²) in [5.74, 6) is -2.09. The fraction of sp³-hybridized carbons (Fsp3) is 0.400. The third kappa shape index (κ3) is 3.28. The average Bonchev–Trinajstić information content (AvgIpc) is 2.93. The van der Waals surface area contributed by atoms with Gasteiger partial charge >= 0.3 is 5.97 Å². The molecular formula is C15H17NO5. The maximum absolute atomic E-state index is 12.4. The van der Waals surface area contributed by atoms with Crippen molar-refractivity contribution in [2.24, 2.45) is 5.92 Å². The lowest BCUT2D eigenvalue weighted by molar-refractivity contribution is -0.144. The van der Waals surface area contributed by atoms with Crippen LogP contribution in [0.15, 0.2) is 24.3 Å². The number of carboxylic acids is 1. The molecule has 2 rings (SSSR count). The maximum Gasteiger partial charge on any atom is 0.309 e. The molecule has 1 N–H and O–H groups in total. The van der Waals surface area contributed by atoms with Gasteiger partial charge in [0.25, 0.3) is 5.91 Å². The standard InChI is InChI=1S/C15H17NO5/c1-10-4-2-3-5-11(10)14(18)16(9-17)8-13-12(15(19)20)6-7-21-13/h2-5,9,12-13H,6-8H2,1H3,(H,19,20)/t12?,13-/m0/s1. The first-order chi connectivity index (χ1) is 10.0. The third-order valence-corrected chi connectivity index (χ3v) is 3.67. The van der Waals surface area contributed by atoms with E-state index in [-0.39, 0.29) is 6.54 Å². The molecule has 0 aliphatic carbocycles. The molecule has 1 aromatic rings. The predicted octanol–water partition coefficient (Wildman–Crippen LogP) is 1.08. The zero-order chi connectivity index (χ0) is 15.4. The largest absolute Gasteiger partial charge is 0.481 e. The van der Waals surface area contributed by atoms with E-state index < -0.39 is 23.9 Å². The Morgan fingerprint density at radius 3 is 2.76 bits per heavy atom. The molecule has 21 heavy (non-hydrogen) atoms. The van der Waals surface area contributed by atoms with Crippen molar-refractivity contribution in [3.05, 3.63) is 35.4 Å². The highest BCUT2D eigenvalue weighted by Crippen LogP contribution is 2.22. The molecule has 1 saturated heterocycles. The van der Waals surface area contributed by atoms with Crippen molar-refractivity contribution >= 4 is 18.3 Å². The fourth-order valence-corrected chi connectivity index (χ4v) is 2.45. The van der Waals surface area contributed by atoms with E-state index in [2.05, 4.69) is 0 Å². The summed E-state index contributed by atoms with van der Waals surface area (Å²) >= 11 is 0. The highest BCUT2D eigenvalue weighted by Gasteiger charge is 2.36. The first-order valence-electron chi connectivity index (χ1n) is 6.71. The molecular weight excluding hydrogens is 274 g/mol. The minimum Gasteiger partial charge on any atom is -0.481 e. The van der Waals surface area contributed by atoms with Gasteiger partial charge < -0.3 is 9.84 Å². The average molecular weight is 291 g/mol. The summed E-state index contributed by atoms with van der Waals surface area (Å²) in [6.07, 6.45) is 0.168. The van der Waals surface area contributed by atoms with Crippen molar-refractivity contribution in [3.8, 4) is 0 Å². The zero-order valence-electron chi connectivity index (χ0n) is 11.7. The molecule has 0 saturated carbocycles. The summed E-state index contributed by atoms with van der Waals surface area (Å²) in [4.78, 5) is 35.6. The normalized spacial score (nSPS) is 21.0. The molecule has 112 valence electrons. The SMILES string of the molecule is Cc1ccccc1C(=O)N(C=O)C[C@@H]1OCCC1C(=O)O. The van der Waals surface area contributed by atoms with Gasteiger partial charge in [0.1, 0.15) is 0 Å². The van der Waals surface area contributed by atoms with E-state index in [0.717, 1.165) is 10.5 Å². The van der Waals surface area contributed by atoms with E-state index >= 15 is 0 Å². The molecule has 1 unspecified atom stereocenters. The topological polar surface area (TPSA) is 83.9 Å². The van der Waals surface area contributed by atoms with Crippen LogP contribution in [0.5, 0.6) is 0 Å². The van der Waals surface area contributed by atoms with Gasteiger partial charge in [-0.2, -0.15) is 0 Å². The molecule has 1 heterocycles. The van der Waals surface area contributed by atoms with E-state index in [4.69, 9.17) is 9.84 Å². The van der Waals surface area contributed by atoms with Gasteiger partial charge in [0, 0.05) is 12.2 Å². The predicted molar refractivity (Wildman–Crippen MR) is 73.8 cm³/mol. The van der Waals surface area contributed by atoms with E-state index in [1.165, 1.54) is 0 Å². The van der Waals surface area contributed by atoms with Gasteiger partial charge in [-0.05, 0) is 25.0 Å². The molecule has 2 amide bonds. The van der Waals surface area contributed by atoms with Gasteiger partial charge in [0.2, 0.25) is 6.41 Å². The van der Waals surface area contributed by atoms with Crippen LogP contribution in [0, 0.1) is 12.8 Å². The number of aryl methyl sites for hydroxylation is 1. The Balaban J connectivity index is 2.13. The second kappa shape index (κ2) is 6.49. The summed E-state index contributed by atoms with van der Waals surface area (Å²) in [6.45, 7) is 2.06. The number of ether oxygens (including phenoxy) is 1. The quantitative estimate of drug-likeness (QED) is 0.821. The molecule has 6 heteroatoms. The lowest BCUT2D eigenvalue weighted by Crippen LogP contribution is -2.40. The van der Waals surface area contributed by atoms with Crippen LogP contribution >= 0.6 is 0 Å². The Morgan fingerprint density at radius 2 is 2.14 bits per heavy atom. The van der Waals surface area contributed by atoms with Crippen molar-refractivity contribution in [1.82, 2.24) is 4.90 Å². The smallest absolute Gasteiger partial charge is 0.309 e. The van der Waals surface area contributed by atoms with Crippen LogP contribution < -0.4 is 0 Å². The molecule has 1 aliphatic rings. The Morgan fingerprint density at radius 1 is 1.43 bits per heavy atom. The van der Waals surface area contributed by atoms with Gasteiger partial charge in [0.05, 0.1) is 18.6 Å². The van der Waals surface area contributed by atoms with E-state index in [9.17, 15) is 14.4 Å². The number of carbonyl (C=O) groups excluding carboxylic acids is 2. The molecule has 2 atom stereocenters. The van der Waals surface area contributed by atoms with Gasteiger partial charge in [-0.25, -0.2) is 0 Å². The van der Waals surface area contributed by atoms with E-state index in [1.807, 2.05) is 0 Å². The number of hydrogen-bond donors (Lipinski definition) is 1. The molecule has 1 aliphatic heterocycles. The second-order valence-corrected chi connectivity index (χ2v) is 5.02. The summed E-state index contributed by atoms with van der Waals surface area (Å²) in [5, 5.41) is 9.10. The van der Waals surface area contributed by atoms with Crippen LogP contribution in [0.1, 0.15) is 22.3 Å². The summed E-state index contributed by atoms with van der Waals surface area (Å²) in [7, 11) is 0. The lowest BCUT2D eigenvalue weighted by atomic mass is 10.0. The van der Waals surface area contributed by atoms with Crippen LogP contribution in [0.2, 0.25) is 0 Å². The highest BCUT2D eigenvalue weighted by molar-refractivity contribution is 6.01. The molecule has 0 radical (unpaired) electrons. The monoisotopic (exact) mass is 291 g/mol. The molecule has 6 nitrogen and oxygen atoms in total. The fourth-order valence-electron chi connectivity index (χ4n) is 2.45. The minimum absolute atomic E-state index is 0.0480. The number of carboxylic acid groups (broad SMARTS) is 1. The third-order valence-electron chi connectivity index (χ3n) is 3.67. The summed E-state index contributed by atoms with van der Waals surface area (Å²) in [5.41, 5.74) is 1.19. The van der Waals surface area contributed by atoms with Crippen molar-refractivity contribution in [2.45, 2.75) is 19.4 Å². The van der Waals surface area contributed by atoms with Crippen molar-refractivity contribution in [3.63, 3.8) is 0 Å². The Kier molecular flexibility index (Phi) is 4.70. The minimum atomic E-state index is -0.966. The molecule has 1 fully saturated rings. The Hall–Kier alpha value is -2.21. The van der Waals surface area contributed by atoms with Gasteiger partial charge in [-0.3, -0.25) is 19.3 Å². The van der Waals surface area contributed by atoms with Gasteiger partial charge in [-0.15, -0.1) is 0 Å². The van der Waals surface area contributed by atoms with E-state index in [0.29, 0.717) is 25.0 Å². The summed E-state index contributed by atoms with van der Waals surface area (Å²) in [6, 6.07) is 6.94. The number of amides is 2. The van der Waals surface area contributed by atoms with Crippen LogP contribution in [0.3, 0.4) is 0 Å². The number of benzene rings is 1. The molecule has 0 bridgehead atoms. The molecule has 0 spiro atoms. The number of imide groups is 1. The van der Waals surface area contributed by atoms with Crippen molar-refractivity contribution in [2.75, 3.05) is 13.2 Å². The first kappa shape index (κ1) is 15.2.